The molecule has 1 aliphatic heterocycles. The van der Waals surface area contributed by atoms with Crippen molar-refractivity contribution in [3.8, 4) is 0 Å². The van der Waals surface area contributed by atoms with E-state index in [1.165, 1.54) is 0 Å². The van der Waals surface area contributed by atoms with Crippen LogP contribution in [0.3, 0.4) is 0 Å². The molecule has 2 amide bonds. The number of amides is 2. The Morgan fingerprint density at radius 1 is 1.00 bits per heavy atom. The molecule has 1 N–H and O–H groups in total. The van der Waals surface area contributed by atoms with E-state index in [1.54, 1.807) is 10.6 Å². The van der Waals surface area contributed by atoms with Gasteiger partial charge in [-0.3, -0.25) is 14.0 Å². The van der Waals surface area contributed by atoms with Gasteiger partial charge in [0.15, 0.2) is 5.69 Å². The average Bonchev–Trinajstić information content (AvgIpc) is 3.14. The number of hydrogen-bond acceptors (Lipinski definition) is 3. The number of fused-ring (bicyclic) bond motifs is 1. The summed E-state index contributed by atoms with van der Waals surface area (Å²) >= 11 is 0. The van der Waals surface area contributed by atoms with Crippen molar-refractivity contribution in [3.05, 3.63) is 71.8 Å². The van der Waals surface area contributed by atoms with Gasteiger partial charge in [-0.25, -0.2) is 4.98 Å². The van der Waals surface area contributed by atoms with E-state index in [9.17, 15) is 9.59 Å². The van der Waals surface area contributed by atoms with Crippen LogP contribution < -0.4 is 5.32 Å². The number of rotatable bonds is 4. The molecule has 6 heteroatoms. The molecule has 3 aromatic rings. The molecule has 1 saturated heterocycles. The Kier molecular flexibility index (Phi) is 5.10. The molecule has 1 atom stereocenters. The number of likely N-dealkylation sites (tertiary alicyclic amines) is 1. The first kappa shape index (κ1) is 18.2. The van der Waals surface area contributed by atoms with Crippen LogP contribution in [-0.4, -0.2) is 39.2 Å². The monoisotopic (exact) mass is 376 g/mol. The molecule has 144 valence electrons. The minimum atomic E-state index is -0.296. The molecule has 3 heterocycles. The van der Waals surface area contributed by atoms with E-state index in [0.29, 0.717) is 11.2 Å². The molecule has 1 aromatic carbocycles. The number of benzene rings is 1. The number of aromatic nitrogens is 2. The lowest BCUT2D eigenvalue weighted by molar-refractivity contribution is 0.0721. The highest BCUT2D eigenvalue weighted by molar-refractivity contribution is 6.02. The lowest BCUT2D eigenvalue weighted by Crippen LogP contribution is -2.36. The second-order valence-corrected chi connectivity index (χ2v) is 7.20. The third-order valence-electron chi connectivity index (χ3n) is 5.24. The molecule has 0 saturated carbocycles. The van der Waals surface area contributed by atoms with Gasteiger partial charge in [-0.15, -0.1) is 0 Å². The van der Waals surface area contributed by atoms with Crippen LogP contribution in [0.4, 0.5) is 0 Å². The summed E-state index contributed by atoms with van der Waals surface area (Å²) in [5, 5.41) is 2.99. The minimum Gasteiger partial charge on any atom is -0.343 e. The van der Waals surface area contributed by atoms with Gasteiger partial charge in [0.05, 0.1) is 11.6 Å². The number of carbonyl (C=O) groups excluding carboxylic acids is 2. The molecule has 0 aliphatic carbocycles. The number of pyridine rings is 1. The third kappa shape index (κ3) is 3.50. The van der Waals surface area contributed by atoms with Gasteiger partial charge < -0.3 is 10.2 Å². The van der Waals surface area contributed by atoms with Gasteiger partial charge in [0.25, 0.3) is 11.8 Å². The van der Waals surface area contributed by atoms with Crippen LogP contribution in [0.5, 0.6) is 0 Å². The van der Waals surface area contributed by atoms with E-state index < -0.39 is 0 Å². The smallest absolute Gasteiger partial charge is 0.288 e. The number of nitrogens with one attached hydrogen (secondary N) is 1. The Morgan fingerprint density at radius 2 is 1.71 bits per heavy atom. The van der Waals surface area contributed by atoms with Crippen LogP contribution in [0.25, 0.3) is 5.52 Å². The van der Waals surface area contributed by atoms with Crippen molar-refractivity contribution in [1.82, 2.24) is 19.6 Å². The molecule has 4 rings (SSSR count). The zero-order valence-corrected chi connectivity index (χ0v) is 16.0. The zero-order chi connectivity index (χ0) is 19.5. The van der Waals surface area contributed by atoms with Gasteiger partial charge in [0.1, 0.15) is 0 Å². The summed E-state index contributed by atoms with van der Waals surface area (Å²) in [6.07, 6.45) is 4.95. The van der Waals surface area contributed by atoms with Crippen LogP contribution in [0.2, 0.25) is 0 Å². The van der Waals surface area contributed by atoms with Crippen LogP contribution in [0.15, 0.2) is 54.7 Å². The van der Waals surface area contributed by atoms with Crippen molar-refractivity contribution < 1.29 is 9.59 Å². The summed E-state index contributed by atoms with van der Waals surface area (Å²) in [5.41, 5.74) is 2.02. The van der Waals surface area contributed by atoms with Crippen molar-refractivity contribution in [2.24, 2.45) is 0 Å². The lowest BCUT2D eigenvalue weighted by Gasteiger charge is -2.25. The Balaban J connectivity index is 1.64. The Bertz CT molecular complexity index is 990. The minimum absolute atomic E-state index is 0.0986. The lowest BCUT2D eigenvalue weighted by atomic mass is 10.1. The highest BCUT2D eigenvalue weighted by atomic mass is 16.2. The first-order valence-corrected chi connectivity index (χ1v) is 9.77. The van der Waals surface area contributed by atoms with Gasteiger partial charge >= 0.3 is 0 Å². The summed E-state index contributed by atoms with van der Waals surface area (Å²) in [5.74, 6) is -0.160. The van der Waals surface area contributed by atoms with Gasteiger partial charge in [0.2, 0.25) is 5.82 Å². The highest BCUT2D eigenvalue weighted by Crippen LogP contribution is 2.19. The number of carbonyl (C=O) groups is 2. The number of imidazole rings is 1. The van der Waals surface area contributed by atoms with Gasteiger partial charge in [-0.05, 0) is 43.9 Å². The fourth-order valence-electron chi connectivity index (χ4n) is 3.69. The fourth-order valence-corrected chi connectivity index (χ4v) is 3.69. The summed E-state index contributed by atoms with van der Waals surface area (Å²) in [6.45, 7) is 3.43. The van der Waals surface area contributed by atoms with Crippen molar-refractivity contribution in [3.63, 3.8) is 0 Å². The molecular formula is C22H24N4O2. The zero-order valence-electron chi connectivity index (χ0n) is 16.0. The van der Waals surface area contributed by atoms with E-state index in [2.05, 4.69) is 10.3 Å². The van der Waals surface area contributed by atoms with E-state index in [1.807, 2.05) is 60.4 Å². The Labute approximate surface area is 164 Å². The molecule has 6 nitrogen and oxygen atoms in total. The van der Waals surface area contributed by atoms with Gasteiger partial charge in [-0.2, -0.15) is 0 Å². The molecule has 1 unspecified atom stereocenters. The highest BCUT2D eigenvalue weighted by Gasteiger charge is 2.26. The Morgan fingerprint density at radius 3 is 2.46 bits per heavy atom. The SMILES string of the molecule is CC(NC(=O)c1nc(C(=O)N2CCCCC2)c2ccccn12)c1ccccc1. The maximum atomic E-state index is 13.0. The quantitative estimate of drug-likeness (QED) is 0.758. The largest absolute Gasteiger partial charge is 0.343 e. The topological polar surface area (TPSA) is 66.7 Å². The second-order valence-electron chi connectivity index (χ2n) is 7.20. The number of hydrogen-bond donors (Lipinski definition) is 1. The summed E-state index contributed by atoms with van der Waals surface area (Å²) < 4.78 is 1.70. The van der Waals surface area contributed by atoms with Crippen LogP contribution in [0.1, 0.15) is 58.9 Å². The van der Waals surface area contributed by atoms with Crippen molar-refractivity contribution in [1.29, 1.82) is 0 Å². The Hall–Kier alpha value is -3.15. The molecule has 28 heavy (non-hydrogen) atoms. The molecule has 0 bridgehead atoms. The van der Waals surface area contributed by atoms with Crippen molar-refractivity contribution in [2.75, 3.05) is 13.1 Å². The van der Waals surface area contributed by atoms with E-state index in [-0.39, 0.29) is 23.7 Å². The van der Waals surface area contributed by atoms with Crippen LogP contribution >= 0.6 is 0 Å². The van der Waals surface area contributed by atoms with E-state index in [4.69, 9.17) is 0 Å². The molecule has 0 spiro atoms. The molecule has 1 fully saturated rings. The number of nitrogens with zero attached hydrogens (tertiary/aromatic N) is 3. The van der Waals surface area contributed by atoms with E-state index >= 15 is 0 Å². The van der Waals surface area contributed by atoms with Crippen LogP contribution in [-0.2, 0) is 0 Å². The van der Waals surface area contributed by atoms with Gasteiger partial charge in [0, 0.05) is 19.3 Å². The van der Waals surface area contributed by atoms with Gasteiger partial charge in [-0.1, -0.05) is 36.4 Å². The normalized spacial score (nSPS) is 15.4. The predicted octanol–water partition coefficient (Wildman–Crippen LogP) is 3.45. The summed E-state index contributed by atoms with van der Waals surface area (Å²) in [6, 6.07) is 15.1. The average molecular weight is 376 g/mol. The fraction of sp³-hybridized carbons (Fsp3) is 0.318. The molecule has 2 aromatic heterocycles. The summed E-state index contributed by atoms with van der Waals surface area (Å²) in [4.78, 5) is 32.3. The van der Waals surface area contributed by atoms with E-state index in [0.717, 1.165) is 37.9 Å². The number of piperidine rings is 1. The maximum absolute atomic E-state index is 13.0. The van der Waals surface area contributed by atoms with Crippen molar-refractivity contribution >= 4 is 17.3 Å². The molecular weight excluding hydrogens is 352 g/mol. The third-order valence-corrected chi connectivity index (χ3v) is 5.24. The second kappa shape index (κ2) is 7.84. The first-order valence-electron chi connectivity index (χ1n) is 9.77. The maximum Gasteiger partial charge on any atom is 0.288 e. The predicted molar refractivity (Wildman–Crippen MR) is 107 cm³/mol. The summed E-state index contributed by atoms with van der Waals surface area (Å²) in [7, 11) is 0. The molecule has 1 aliphatic rings. The first-order chi connectivity index (χ1) is 13.6. The standard InChI is InChI=1S/C22H24N4O2/c1-16(17-10-4-2-5-11-17)23-21(27)20-24-19(18-12-6-9-15-26(18)20)22(28)25-13-7-3-8-14-25/h2,4-6,9-12,15-16H,3,7-8,13-14H2,1H3,(H,23,27). The van der Waals surface area contributed by atoms with Crippen molar-refractivity contribution in [2.45, 2.75) is 32.2 Å². The van der Waals surface area contributed by atoms with Crippen LogP contribution in [0, 0.1) is 0 Å². The molecule has 0 radical (unpaired) electrons.